The van der Waals surface area contributed by atoms with Crippen LogP contribution in [0.15, 0.2) is 0 Å². The number of carbonyl (C=O) groups excluding carboxylic acids is 1. The Kier molecular flexibility index (Phi) is 6.47. The van der Waals surface area contributed by atoms with Gasteiger partial charge in [-0.05, 0) is 32.6 Å². The summed E-state index contributed by atoms with van der Waals surface area (Å²) < 4.78 is 10.5. The summed E-state index contributed by atoms with van der Waals surface area (Å²) in [6.07, 6.45) is 1.90. The lowest BCUT2D eigenvalue weighted by Gasteiger charge is -2.19. The van der Waals surface area contributed by atoms with Crippen molar-refractivity contribution in [3.05, 3.63) is 0 Å². The van der Waals surface area contributed by atoms with Crippen LogP contribution in [0.2, 0.25) is 0 Å². The third-order valence-electron chi connectivity index (χ3n) is 2.94. The molecule has 1 amide bonds. The molecule has 0 heterocycles. The second-order valence-corrected chi connectivity index (χ2v) is 4.40. The molecule has 2 unspecified atom stereocenters. The molecule has 1 fully saturated rings. The molecule has 0 aromatic rings. The number of rotatable bonds is 9. The van der Waals surface area contributed by atoms with Gasteiger partial charge in [-0.2, -0.15) is 0 Å². The summed E-state index contributed by atoms with van der Waals surface area (Å²) in [4.78, 5) is 11.8. The molecule has 3 N–H and O–H groups in total. The van der Waals surface area contributed by atoms with Gasteiger partial charge in [0.2, 0.25) is 5.91 Å². The lowest BCUT2D eigenvalue weighted by atomic mass is 10.2. The van der Waals surface area contributed by atoms with Gasteiger partial charge in [0, 0.05) is 19.2 Å². The van der Waals surface area contributed by atoms with Crippen molar-refractivity contribution in [3.63, 3.8) is 0 Å². The van der Waals surface area contributed by atoms with E-state index in [1.54, 1.807) is 6.92 Å². The Labute approximate surface area is 103 Å². The van der Waals surface area contributed by atoms with E-state index in [1.165, 1.54) is 12.8 Å². The standard InChI is InChI=1S/C12H24N2O3/c1-3-16-6-7-17-9(2)12(15)14-11(8-13)10-4-5-10/h9-11H,3-8,13H2,1-2H3,(H,14,15). The summed E-state index contributed by atoms with van der Waals surface area (Å²) in [5.74, 6) is 0.489. The maximum atomic E-state index is 11.8. The SMILES string of the molecule is CCOCCOC(C)C(=O)NC(CN)C1CC1. The molecule has 0 saturated heterocycles. The van der Waals surface area contributed by atoms with Crippen LogP contribution < -0.4 is 11.1 Å². The predicted octanol–water partition coefficient (Wildman–Crippen LogP) is 0.282. The first-order valence-corrected chi connectivity index (χ1v) is 6.38. The molecule has 100 valence electrons. The molecule has 0 radical (unpaired) electrons. The van der Waals surface area contributed by atoms with Gasteiger partial charge in [-0.3, -0.25) is 4.79 Å². The second-order valence-electron chi connectivity index (χ2n) is 4.40. The number of hydrogen-bond acceptors (Lipinski definition) is 4. The van der Waals surface area contributed by atoms with E-state index in [0.717, 1.165) is 0 Å². The first-order valence-electron chi connectivity index (χ1n) is 6.38. The van der Waals surface area contributed by atoms with Crippen molar-refractivity contribution in [2.45, 2.75) is 38.8 Å². The van der Waals surface area contributed by atoms with Gasteiger partial charge < -0.3 is 20.5 Å². The molecule has 1 rings (SSSR count). The van der Waals surface area contributed by atoms with Crippen molar-refractivity contribution < 1.29 is 14.3 Å². The van der Waals surface area contributed by atoms with Gasteiger partial charge in [-0.15, -0.1) is 0 Å². The highest BCUT2D eigenvalue weighted by atomic mass is 16.5. The molecule has 2 atom stereocenters. The van der Waals surface area contributed by atoms with E-state index in [2.05, 4.69) is 5.32 Å². The van der Waals surface area contributed by atoms with E-state index in [9.17, 15) is 4.79 Å². The molecule has 0 spiro atoms. The van der Waals surface area contributed by atoms with Crippen LogP contribution in [0.5, 0.6) is 0 Å². The molecular formula is C12H24N2O3. The number of hydrogen-bond donors (Lipinski definition) is 2. The first-order chi connectivity index (χ1) is 8.19. The number of carbonyl (C=O) groups is 1. The minimum Gasteiger partial charge on any atom is -0.379 e. The van der Waals surface area contributed by atoms with Crippen LogP contribution in [0.25, 0.3) is 0 Å². The highest BCUT2D eigenvalue weighted by molar-refractivity contribution is 5.80. The Bertz CT molecular complexity index is 232. The molecule has 17 heavy (non-hydrogen) atoms. The van der Waals surface area contributed by atoms with Gasteiger partial charge in [-0.25, -0.2) is 0 Å². The fraction of sp³-hybridized carbons (Fsp3) is 0.917. The van der Waals surface area contributed by atoms with Crippen molar-refractivity contribution in [3.8, 4) is 0 Å². The van der Waals surface area contributed by atoms with Crippen molar-refractivity contribution in [2.75, 3.05) is 26.4 Å². The van der Waals surface area contributed by atoms with Crippen LogP contribution in [0.4, 0.5) is 0 Å². The Morgan fingerprint density at radius 3 is 2.71 bits per heavy atom. The monoisotopic (exact) mass is 244 g/mol. The lowest BCUT2D eigenvalue weighted by molar-refractivity contribution is -0.133. The maximum absolute atomic E-state index is 11.8. The zero-order valence-electron chi connectivity index (χ0n) is 10.8. The maximum Gasteiger partial charge on any atom is 0.249 e. The molecule has 1 aliphatic rings. The Hall–Kier alpha value is -0.650. The van der Waals surface area contributed by atoms with Crippen molar-refractivity contribution in [1.82, 2.24) is 5.32 Å². The predicted molar refractivity (Wildman–Crippen MR) is 65.6 cm³/mol. The smallest absolute Gasteiger partial charge is 0.249 e. The third kappa shape index (κ3) is 5.48. The van der Waals surface area contributed by atoms with Crippen LogP contribution >= 0.6 is 0 Å². The average molecular weight is 244 g/mol. The van der Waals surface area contributed by atoms with Crippen LogP contribution in [0, 0.1) is 5.92 Å². The van der Waals surface area contributed by atoms with Gasteiger partial charge in [-0.1, -0.05) is 0 Å². The zero-order valence-corrected chi connectivity index (χ0v) is 10.8. The van der Waals surface area contributed by atoms with Crippen molar-refractivity contribution in [2.24, 2.45) is 11.7 Å². The van der Waals surface area contributed by atoms with E-state index < -0.39 is 6.10 Å². The number of nitrogens with two attached hydrogens (primary N) is 1. The Balaban J connectivity index is 2.16. The van der Waals surface area contributed by atoms with Crippen molar-refractivity contribution in [1.29, 1.82) is 0 Å². The fourth-order valence-corrected chi connectivity index (χ4v) is 1.67. The second kappa shape index (κ2) is 7.63. The van der Waals surface area contributed by atoms with Crippen LogP contribution in [-0.2, 0) is 14.3 Å². The van der Waals surface area contributed by atoms with Crippen LogP contribution in [0.1, 0.15) is 26.7 Å². The summed E-state index contributed by atoms with van der Waals surface area (Å²) in [7, 11) is 0. The van der Waals surface area contributed by atoms with E-state index in [4.69, 9.17) is 15.2 Å². The molecule has 0 bridgehead atoms. The molecule has 0 aromatic heterocycles. The molecule has 5 heteroatoms. The molecule has 1 aliphatic carbocycles. The number of nitrogens with one attached hydrogen (secondary N) is 1. The lowest BCUT2D eigenvalue weighted by Crippen LogP contribution is -2.46. The zero-order chi connectivity index (χ0) is 12.7. The summed E-state index contributed by atoms with van der Waals surface area (Å²) in [5, 5.41) is 2.94. The summed E-state index contributed by atoms with van der Waals surface area (Å²) in [6, 6.07) is 0.112. The van der Waals surface area contributed by atoms with Gasteiger partial charge >= 0.3 is 0 Å². The average Bonchev–Trinajstić information content (AvgIpc) is 3.15. The third-order valence-corrected chi connectivity index (χ3v) is 2.94. The van der Waals surface area contributed by atoms with Crippen LogP contribution in [0.3, 0.4) is 0 Å². The first kappa shape index (κ1) is 14.4. The quantitative estimate of drug-likeness (QED) is 0.571. The molecule has 1 saturated carbocycles. The summed E-state index contributed by atoms with van der Waals surface area (Å²) in [5.41, 5.74) is 5.63. The van der Waals surface area contributed by atoms with Crippen LogP contribution in [-0.4, -0.2) is 44.4 Å². The Morgan fingerprint density at radius 1 is 1.47 bits per heavy atom. The fourth-order valence-electron chi connectivity index (χ4n) is 1.67. The largest absolute Gasteiger partial charge is 0.379 e. The van der Waals surface area contributed by atoms with Gasteiger partial charge in [0.15, 0.2) is 0 Å². The van der Waals surface area contributed by atoms with Gasteiger partial charge in [0.25, 0.3) is 0 Å². The molecule has 0 aromatic carbocycles. The topological polar surface area (TPSA) is 73.6 Å². The summed E-state index contributed by atoms with van der Waals surface area (Å²) >= 11 is 0. The molecule has 0 aliphatic heterocycles. The molecular weight excluding hydrogens is 220 g/mol. The summed E-state index contributed by atoms with van der Waals surface area (Å²) in [6.45, 7) is 5.82. The minimum atomic E-state index is -0.441. The van der Waals surface area contributed by atoms with E-state index >= 15 is 0 Å². The van der Waals surface area contributed by atoms with E-state index in [0.29, 0.717) is 32.3 Å². The minimum absolute atomic E-state index is 0.0798. The highest BCUT2D eigenvalue weighted by Gasteiger charge is 2.32. The van der Waals surface area contributed by atoms with Gasteiger partial charge in [0.1, 0.15) is 6.10 Å². The normalized spacial score (nSPS) is 18.8. The van der Waals surface area contributed by atoms with Crippen molar-refractivity contribution >= 4 is 5.91 Å². The van der Waals surface area contributed by atoms with E-state index in [1.807, 2.05) is 6.92 Å². The van der Waals surface area contributed by atoms with E-state index in [-0.39, 0.29) is 11.9 Å². The van der Waals surface area contributed by atoms with Gasteiger partial charge in [0.05, 0.1) is 13.2 Å². The number of amides is 1. The highest BCUT2D eigenvalue weighted by Crippen LogP contribution is 2.32. The Morgan fingerprint density at radius 2 is 2.18 bits per heavy atom. The number of ether oxygens (including phenoxy) is 2. The molecule has 5 nitrogen and oxygen atoms in total.